The number of fused-ring (bicyclic) bond motifs is 1. The van der Waals surface area contributed by atoms with Crippen LogP contribution in [-0.2, 0) is 11.2 Å². The Morgan fingerprint density at radius 2 is 1.77 bits per heavy atom. The summed E-state index contributed by atoms with van der Waals surface area (Å²) in [5, 5.41) is 0. The maximum Gasteiger partial charge on any atom is 0.254 e. The molecular weight excluding hydrogens is 501 g/mol. The van der Waals surface area contributed by atoms with Crippen LogP contribution in [0.4, 0.5) is 27.8 Å². The number of hydrogen-bond donors (Lipinski definition) is 1. The molecule has 0 atom stereocenters. The molecule has 0 radical (unpaired) electrons. The van der Waals surface area contributed by atoms with Crippen LogP contribution in [0.25, 0.3) is 11.3 Å². The number of morpholine rings is 1. The number of halogens is 1. The lowest BCUT2D eigenvalue weighted by molar-refractivity contribution is 0.0643. The summed E-state index contributed by atoms with van der Waals surface area (Å²) in [5.41, 5.74) is 8.79. The van der Waals surface area contributed by atoms with Crippen molar-refractivity contribution in [1.82, 2.24) is 29.7 Å². The first-order chi connectivity index (χ1) is 19.0. The highest BCUT2D eigenvalue weighted by molar-refractivity contribution is 5.95. The number of likely N-dealkylation sites (N-methyl/N-ethyl adjacent to an activating group) is 1. The zero-order valence-electron chi connectivity index (χ0n) is 22.0. The maximum atomic E-state index is 15.6. The number of ether oxygens (including phenoxy) is 1. The predicted molar refractivity (Wildman–Crippen MR) is 146 cm³/mol. The summed E-state index contributed by atoms with van der Waals surface area (Å²) in [6.45, 7) is 9.06. The van der Waals surface area contributed by atoms with E-state index in [0.717, 1.165) is 30.8 Å². The molecule has 0 unspecified atom stereocenters. The van der Waals surface area contributed by atoms with Crippen molar-refractivity contribution in [2.75, 3.05) is 81.1 Å². The summed E-state index contributed by atoms with van der Waals surface area (Å²) in [7, 11) is 0. The number of hydrogen-bond acceptors (Lipinski definition) is 10. The minimum absolute atomic E-state index is 0.138. The van der Waals surface area contributed by atoms with Crippen molar-refractivity contribution in [2.24, 2.45) is 0 Å². The number of anilines is 4. The summed E-state index contributed by atoms with van der Waals surface area (Å²) in [5.74, 6) is 0.787. The van der Waals surface area contributed by atoms with Crippen molar-refractivity contribution in [1.29, 1.82) is 0 Å². The van der Waals surface area contributed by atoms with Gasteiger partial charge in [0.05, 0.1) is 24.6 Å². The number of nitrogens with two attached hydrogens (primary N) is 1. The molecule has 2 aromatic heterocycles. The second-order valence-corrected chi connectivity index (χ2v) is 9.90. The van der Waals surface area contributed by atoms with Gasteiger partial charge in [0.1, 0.15) is 11.6 Å². The first-order valence-corrected chi connectivity index (χ1v) is 13.4. The van der Waals surface area contributed by atoms with Crippen molar-refractivity contribution in [3.8, 4) is 11.3 Å². The molecule has 6 rings (SSSR count). The first-order valence-electron chi connectivity index (χ1n) is 13.4. The molecule has 0 aliphatic carbocycles. The molecule has 0 spiro atoms. The minimum atomic E-state index is -0.454. The average molecular weight is 534 g/mol. The van der Waals surface area contributed by atoms with Gasteiger partial charge in [-0.3, -0.25) is 4.79 Å². The summed E-state index contributed by atoms with van der Waals surface area (Å²) in [6, 6.07) is 4.74. The van der Waals surface area contributed by atoms with E-state index in [4.69, 9.17) is 20.4 Å². The predicted octanol–water partition coefficient (Wildman–Crippen LogP) is 1.96. The normalized spacial score (nSPS) is 17.9. The molecule has 12 heteroatoms. The van der Waals surface area contributed by atoms with E-state index < -0.39 is 5.82 Å². The standard InChI is InChI=1S/C27H32FN9O2/c1-2-34-7-9-35(10-8-34)25(38)18-3-4-22(21(28)15-18)37-6-5-20-23(19-16-30-26(29)31-17-19)32-27(33-24(20)37)36-11-13-39-14-12-36/h3-4,15-17H,2,5-14H2,1H3,(H2,29,30,31). The van der Waals surface area contributed by atoms with Gasteiger partial charge in [-0.15, -0.1) is 0 Å². The van der Waals surface area contributed by atoms with Crippen LogP contribution >= 0.6 is 0 Å². The summed E-state index contributed by atoms with van der Waals surface area (Å²) in [4.78, 5) is 39.2. The number of carbonyl (C=O) groups excluding carboxylic acids is 1. The maximum absolute atomic E-state index is 15.6. The second kappa shape index (κ2) is 10.7. The van der Waals surface area contributed by atoms with Crippen LogP contribution in [0, 0.1) is 5.82 Å². The number of benzene rings is 1. The van der Waals surface area contributed by atoms with E-state index >= 15 is 4.39 Å². The number of rotatable bonds is 5. The van der Waals surface area contributed by atoms with Gasteiger partial charge in [0.25, 0.3) is 5.91 Å². The molecular formula is C27H32FN9O2. The molecule has 2 fully saturated rings. The van der Waals surface area contributed by atoms with E-state index in [1.54, 1.807) is 29.4 Å². The molecule has 5 heterocycles. The lowest BCUT2D eigenvalue weighted by Crippen LogP contribution is -2.48. The van der Waals surface area contributed by atoms with Crippen molar-refractivity contribution in [3.63, 3.8) is 0 Å². The fraction of sp³-hybridized carbons (Fsp3) is 0.444. The van der Waals surface area contributed by atoms with Gasteiger partial charge in [0, 0.05) is 74.9 Å². The minimum Gasteiger partial charge on any atom is -0.378 e. The Kier molecular flexibility index (Phi) is 6.96. The van der Waals surface area contributed by atoms with Crippen LogP contribution in [0.1, 0.15) is 22.8 Å². The van der Waals surface area contributed by atoms with E-state index in [-0.39, 0.29) is 11.9 Å². The Bertz CT molecular complexity index is 1360. The molecule has 1 aromatic carbocycles. The van der Waals surface area contributed by atoms with Gasteiger partial charge in [0.2, 0.25) is 11.9 Å². The second-order valence-electron chi connectivity index (χ2n) is 9.90. The monoisotopic (exact) mass is 533 g/mol. The first kappa shape index (κ1) is 25.4. The topological polar surface area (TPSA) is 117 Å². The van der Waals surface area contributed by atoms with Crippen molar-refractivity contribution < 1.29 is 13.9 Å². The lowest BCUT2D eigenvalue weighted by atomic mass is 10.1. The SMILES string of the molecule is CCN1CCN(C(=O)c2ccc(N3CCc4c(-c5cnc(N)nc5)nc(N5CCOCC5)nc43)c(F)c2)CC1. The smallest absolute Gasteiger partial charge is 0.254 e. The number of aromatic nitrogens is 4. The van der Waals surface area contributed by atoms with Crippen LogP contribution in [-0.4, -0.2) is 101 Å². The van der Waals surface area contributed by atoms with Gasteiger partial charge >= 0.3 is 0 Å². The Morgan fingerprint density at radius 3 is 2.46 bits per heavy atom. The molecule has 11 nitrogen and oxygen atoms in total. The summed E-state index contributed by atoms with van der Waals surface area (Å²) in [6.07, 6.45) is 3.93. The number of carbonyl (C=O) groups is 1. The van der Waals surface area contributed by atoms with Gasteiger partial charge in [-0.05, 0) is 31.2 Å². The fourth-order valence-electron chi connectivity index (χ4n) is 5.39. The van der Waals surface area contributed by atoms with Gasteiger partial charge in [-0.25, -0.2) is 19.3 Å². The number of piperazine rings is 1. The van der Waals surface area contributed by atoms with E-state index in [0.29, 0.717) is 81.1 Å². The zero-order valence-corrected chi connectivity index (χ0v) is 22.0. The van der Waals surface area contributed by atoms with Crippen molar-refractivity contribution >= 4 is 29.3 Å². The van der Waals surface area contributed by atoms with E-state index in [2.05, 4.69) is 26.7 Å². The molecule has 3 aromatic rings. The van der Waals surface area contributed by atoms with Gasteiger partial charge < -0.3 is 30.1 Å². The molecule has 1 amide bonds. The van der Waals surface area contributed by atoms with Gasteiger partial charge in [0.15, 0.2) is 0 Å². The Morgan fingerprint density at radius 1 is 1.03 bits per heavy atom. The number of nitrogen functional groups attached to an aromatic ring is 1. The number of nitrogens with zero attached hydrogens (tertiary/aromatic N) is 8. The van der Waals surface area contributed by atoms with Crippen LogP contribution in [0.15, 0.2) is 30.6 Å². The Hall–Kier alpha value is -3.90. The van der Waals surface area contributed by atoms with Gasteiger partial charge in [-0.2, -0.15) is 4.98 Å². The van der Waals surface area contributed by atoms with Crippen molar-refractivity contribution in [2.45, 2.75) is 13.3 Å². The van der Waals surface area contributed by atoms with Crippen LogP contribution < -0.4 is 15.5 Å². The molecule has 0 saturated carbocycles. The van der Waals surface area contributed by atoms with Crippen LogP contribution in [0.5, 0.6) is 0 Å². The van der Waals surface area contributed by atoms with E-state index in [1.807, 2.05) is 4.90 Å². The fourth-order valence-corrected chi connectivity index (χ4v) is 5.39. The molecule has 0 bridgehead atoms. The number of amides is 1. The van der Waals surface area contributed by atoms with E-state index in [9.17, 15) is 4.79 Å². The lowest BCUT2D eigenvalue weighted by Gasteiger charge is -2.34. The molecule has 3 aliphatic heterocycles. The molecule has 204 valence electrons. The van der Waals surface area contributed by atoms with Crippen LogP contribution in [0.3, 0.4) is 0 Å². The molecule has 39 heavy (non-hydrogen) atoms. The highest BCUT2D eigenvalue weighted by Gasteiger charge is 2.31. The summed E-state index contributed by atoms with van der Waals surface area (Å²) >= 11 is 0. The molecule has 2 saturated heterocycles. The third-order valence-corrected chi connectivity index (χ3v) is 7.65. The third kappa shape index (κ3) is 4.97. The Labute approximate surface area is 226 Å². The quantitative estimate of drug-likeness (QED) is 0.522. The summed E-state index contributed by atoms with van der Waals surface area (Å²) < 4.78 is 21.1. The largest absolute Gasteiger partial charge is 0.378 e. The van der Waals surface area contributed by atoms with E-state index in [1.165, 1.54) is 6.07 Å². The van der Waals surface area contributed by atoms with Crippen molar-refractivity contribution in [3.05, 3.63) is 47.5 Å². The molecule has 3 aliphatic rings. The third-order valence-electron chi connectivity index (χ3n) is 7.65. The average Bonchev–Trinajstić information content (AvgIpc) is 3.41. The van der Waals surface area contributed by atoms with Crippen LogP contribution in [0.2, 0.25) is 0 Å². The van der Waals surface area contributed by atoms with Gasteiger partial charge in [-0.1, -0.05) is 6.92 Å². The highest BCUT2D eigenvalue weighted by Crippen LogP contribution is 2.40. The molecule has 2 N–H and O–H groups in total. The highest BCUT2D eigenvalue weighted by atomic mass is 19.1. The zero-order chi connectivity index (χ0) is 26.9. The Balaban J connectivity index is 1.33.